The maximum Gasteiger partial charge on any atom is 0.242 e. The highest BCUT2D eigenvalue weighted by molar-refractivity contribution is 5.84. The average Bonchev–Trinajstić information content (AvgIpc) is 3.04. The van der Waals surface area contributed by atoms with E-state index < -0.39 is 0 Å². The molecule has 0 saturated heterocycles. The second kappa shape index (κ2) is 7.48. The Labute approximate surface area is 133 Å². The van der Waals surface area contributed by atoms with Crippen LogP contribution in [0.5, 0.6) is 0 Å². The maximum atomic E-state index is 12.9. The summed E-state index contributed by atoms with van der Waals surface area (Å²) in [5, 5.41) is 6.35. The summed E-state index contributed by atoms with van der Waals surface area (Å²) < 4.78 is 14.3. The first-order chi connectivity index (χ1) is 11.0. The van der Waals surface area contributed by atoms with Crippen molar-refractivity contribution in [1.29, 1.82) is 0 Å². The van der Waals surface area contributed by atoms with Crippen LogP contribution in [0.25, 0.3) is 0 Å². The van der Waals surface area contributed by atoms with E-state index in [9.17, 15) is 14.0 Å². The van der Waals surface area contributed by atoms with Gasteiger partial charge in [-0.1, -0.05) is 12.1 Å². The van der Waals surface area contributed by atoms with Crippen LogP contribution in [0.1, 0.15) is 18.5 Å². The number of amides is 2. The van der Waals surface area contributed by atoms with Crippen molar-refractivity contribution >= 4 is 11.8 Å². The van der Waals surface area contributed by atoms with Crippen molar-refractivity contribution in [3.05, 3.63) is 48.3 Å². The van der Waals surface area contributed by atoms with Gasteiger partial charge < -0.3 is 10.2 Å². The fraction of sp³-hybridized carbons (Fsp3) is 0.333. The van der Waals surface area contributed by atoms with Gasteiger partial charge in [-0.3, -0.25) is 9.59 Å². The van der Waals surface area contributed by atoms with Crippen molar-refractivity contribution in [2.45, 2.75) is 19.5 Å². The quantitative estimate of drug-likeness (QED) is 0.852. The number of nitrogens with one attached hydrogen (secondary N) is 1. The van der Waals surface area contributed by atoms with Gasteiger partial charge in [-0.25, -0.2) is 14.1 Å². The maximum absolute atomic E-state index is 12.9. The van der Waals surface area contributed by atoms with Crippen LogP contribution in [0.3, 0.4) is 0 Å². The van der Waals surface area contributed by atoms with Crippen molar-refractivity contribution in [2.75, 3.05) is 13.6 Å². The summed E-state index contributed by atoms with van der Waals surface area (Å²) in [6.07, 6.45) is 2.75. The third-order valence-electron chi connectivity index (χ3n) is 3.54. The number of carbonyl (C=O) groups is 2. The molecular weight excluding hydrogens is 301 g/mol. The number of hydrogen-bond acceptors (Lipinski definition) is 4. The molecule has 1 atom stereocenters. The Bertz CT molecular complexity index is 657. The molecule has 1 N–H and O–H groups in total. The molecule has 0 aliphatic carbocycles. The van der Waals surface area contributed by atoms with Crippen LogP contribution in [0, 0.1) is 5.82 Å². The highest BCUT2D eigenvalue weighted by atomic mass is 19.1. The van der Waals surface area contributed by atoms with Crippen LogP contribution in [0.15, 0.2) is 36.9 Å². The van der Waals surface area contributed by atoms with E-state index >= 15 is 0 Å². The number of nitrogens with zero attached hydrogens (tertiary/aromatic N) is 4. The number of aromatic nitrogens is 3. The van der Waals surface area contributed by atoms with Gasteiger partial charge in [-0.05, 0) is 24.6 Å². The molecule has 0 saturated carbocycles. The standard InChI is InChI=1S/C15H18FN5O2/c1-11(12-3-5-13(16)6-4-12)20(2)15(23)7-18-14(22)8-21-10-17-9-19-21/h3-6,9-11H,7-8H2,1-2H3,(H,18,22)/t11-/m1/s1. The van der Waals surface area contributed by atoms with E-state index in [0.29, 0.717) is 0 Å². The molecule has 2 amide bonds. The van der Waals surface area contributed by atoms with Gasteiger partial charge in [-0.2, -0.15) is 5.10 Å². The molecule has 7 nitrogen and oxygen atoms in total. The lowest BCUT2D eigenvalue weighted by Crippen LogP contribution is -2.40. The number of carbonyl (C=O) groups excluding carboxylic acids is 2. The van der Waals surface area contributed by atoms with Crippen LogP contribution >= 0.6 is 0 Å². The zero-order valence-electron chi connectivity index (χ0n) is 12.9. The summed E-state index contributed by atoms with van der Waals surface area (Å²) in [5.41, 5.74) is 0.816. The molecule has 0 bridgehead atoms. The molecule has 0 unspecified atom stereocenters. The minimum atomic E-state index is -0.327. The van der Waals surface area contributed by atoms with Crippen LogP contribution in [-0.2, 0) is 16.1 Å². The van der Waals surface area contributed by atoms with Crippen molar-refractivity contribution in [1.82, 2.24) is 25.0 Å². The smallest absolute Gasteiger partial charge is 0.242 e. The molecule has 0 spiro atoms. The minimum Gasteiger partial charge on any atom is -0.345 e. The fourth-order valence-corrected chi connectivity index (χ4v) is 2.00. The minimum absolute atomic E-state index is 0.00447. The molecule has 122 valence electrons. The predicted octanol–water partition coefficient (Wildman–Crippen LogP) is 0.753. The van der Waals surface area contributed by atoms with Gasteiger partial charge in [0.05, 0.1) is 12.6 Å². The number of likely N-dealkylation sites (N-methyl/N-ethyl adjacent to an activating group) is 1. The zero-order valence-corrected chi connectivity index (χ0v) is 12.9. The lowest BCUT2D eigenvalue weighted by Gasteiger charge is -2.25. The van der Waals surface area contributed by atoms with Crippen LogP contribution < -0.4 is 5.32 Å². The number of hydrogen-bond donors (Lipinski definition) is 1. The molecule has 8 heteroatoms. The van der Waals surface area contributed by atoms with Gasteiger partial charge in [0.25, 0.3) is 0 Å². The van der Waals surface area contributed by atoms with E-state index in [2.05, 4.69) is 15.4 Å². The van der Waals surface area contributed by atoms with Gasteiger partial charge in [-0.15, -0.1) is 0 Å². The SMILES string of the molecule is C[C@H](c1ccc(F)cc1)N(C)C(=O)CNC(=O)Cn1cncn1. The average molecular weight is 319 g/mol. The van der Waals surface area contributed by atoms with Gasteiger partial charge in [0.15, 0.2) is 0 Å². The lowest BCUT2D eigenvalue weighted by molar-refractivity contribution is -0.133. The molecule has 23 heavy (non-hydrogen) atoms. The molecule has 2 rings (SSSR count). The molecular formula is C15H18FN5O2. The van der Waals surface area contributed by atoms with Crippen molar-refractivity contribution < 1.29 is 14.0 Å². The summed E-state index contributed by atoms with van der Waals surface area (Å²) in [7, 11) is 1.64. The third kappa shape index (κ3) is 4.60. The highest BCUT2D eigenvalue weighted by Crippen LogP contribution is 2.18. The van der Waals surface area contributed by atoms with E-state index in [0.717, 1.165) is 5.56 Å². The first kappa shape index (κ1) is 16.6. The van der Waals surface area contributed by atoms with Crippen LogP contribution in [-0.4, -0.2) is 45.1 Å². The van der Waals surface area contributed by atoms with E-state index in [1.54, 1.807) is 19.2 Å². The van der Waals surface area contributed by atoms with E-state index in [4.69, 9.17) is 0 Å². The monoisotopic (exact) mass is 319 g/mol. The largest absolute Gasteiger partial charge is 0.345 e. The summed E-state index contributed by atoms with van der Waals surface area (Å²) in [5.74, 6) is -0.893. The number of benzene rings is 1. The number of halogens is 1. The van der Waals surface area contributed by atoms with E-state index in [1.165, 1.54) is 34.4 Å². The lowest BCUT2D eigenvalue weighted by atomic mass is 10.1. The fourth-order valence-electron chi connectivity index (χ4n) is 2.00. The van der Waals surface area contributed by atoms with Crippen molar-refractivity contribution in [3.8, 4) is 0 Å². The topological polar surface area (TPSA) is 80.1 Å². The Balaban J connectivity index is 1.84. The summed E-state index contributed by atoms with van der Waals surface area (Å²) in [6.45, 7) is 1.72. The summed E-state index contributed by atoms with van der Waals surface area (Å²) in [6, 6.07) is 5.74. The van der Waals surface area contributed by atoms with E-state index in [-0.39, 0.29) is 36.8 Å². The molecule has 0 fully saturated rings. The van der Waals surface area contributed by atoms with Gasteiger partial charge in [0, 0.05) is 7.05 Å². The Morgan fingerprint density at radius 3 is 2.65 bits per heavy atom. The van der Waals surface area contributed by atoms with Crippen LogP contribution in [0.2, 0.25) is 0 Å². The second-order valence-electron chi connectivity index (χ2n) is 5.10. The highest BCUT2D eigenvalue weighted by Gasteiger charge is 2.18. The predicted molar refractivity (Wildman–Crippen MR) is 80.6 cm³/mol. The Kier molecular flexibility index (Phi) is 5.40. The summed E-state index contributed by atoms with van der Waals surface area (Å²) >= 11 is 0. The molecule has 2 aromatic rings. The second-order valence-corrected chi connectivity index (χ2v) is 5.10. The zero-order chi connectivity index (χ0) is 16.8. The molecule has 1 aromatic carbocycles. The Morgan fingerprint density at radius 1 is 1.35 bits per heavy atom. The Morgan fingerprint density at radius 2 is 2.04 bits per heavy atom. The molecule has 1 aromatic heterocycles. The Hall–Kier alpha value is -2.77. The van der Waals surface area contributed by atoms with Gasteiger partial charge in [0.2, 0.25) is 11.8 Å². The first-order valence-corrected chi connectivity index (χ1v) is 7.07. The third-order valence-corrected chi connectivity index (χ3v) is 3.54. The first-order valence-electron chi connectivity index (χ1n) is 7.07. The molecule has 0 aliphatic rings. The van der Waals surface area contributed by atoms with Gasteiger partial charge >= 0.3 is 0 Å². The summed E-state index contributed by atoms with van der Waals surface area (Å²) in [4.78, 5) is 29.1. The van der Waals surface area contributed by atoms with E-state index in [1.807, 2.05) is 6.92 Å². The number of rotatable bonds is 6. The van der Waals surface area contributed by atoms with Crippen LogP contribution in [0.4, 0.5) is 4.39 Å². The molecule has 1 heterocycles. The van der Waals surface area contributed by atoms with Crippen molar-refractivity contribution in [2.24, 2.45) is 0 Å². The molecule has 0 radical (unpaired) electrons. The van der Waals surface area contributed by atoms with Gasteiger partial charge in [0.1, 0.15) is 25.0 Å². The normalized spacial score (nSPS) is 11.8. The van der Waals surface area contributed by atoms with Crippen molar-refractivity contribution in [3.63, 3.8) is 0 Å². The molecule has 0 aliphatic heterocycles.